The molecule has 0 saturated heterocycles. The number of benzene rings is 1. The SMILES string of the molecule is N#CC(=Cc1cccs1)C(=O)Nc1cccc2c1ccn2-c1ccnc(NC(=O)C2CC2)c1. The van der Waals surface area contributed by atoms with Gasteiger partial charge in [-0.1, -0.05) is 12.1 Å². The van der Waals surface area contributed by atoms with Crippen LogP contribution < -0.4 is 10.6 Å². The number of nitrogens with zero attached hydrogens (tertiary/aromatic N) is 3. The minimum atomic E-state index is -0.458. The maximum atomic E-state index is 12.7. The highest BCUT2D eigenvalue weighted by molar-refractivity contribution is 7.10. The summed E-state index contributed by atoms with van der Waals surface area (Å²) >= 11 is 1.46. The van der Waals surface area contributed by atoms with E-state index >= 15 is 0 Å². The number of nitrogens with one attached hydrogen (secondary N) is 2. The molecular weight excluding hydrogens is 434 g/mol. The Kier molecular flexibility index (Phi) is 5.47. The van der Waals surface area contributed by atoms with Gasteiger partial charge in [0.15, 0.2) is 0 Å². The number of fused-ring (bicyclic) bond motifs is 1. The maximum Gasteiger partial charge on any atom is 0.266 e. The van der Waals surface area contributed by atoms with Gasteiger partial charge < -0.3 is 15.2 Å². The van der Waals surface area contributed by atoms with E-state index in [4.69, 9.17) is 0 Å². The molecule has 0 bridgehead atoms. The molecule has 3 heterocycles. The lowest BCUT2D eigenvalue weighted by Gasteiger charge is -2.10. The lowest BCUT2D eigenvalue weighted by Crippen LogP contribution is -2.14. The van der Waals surface area contributed by atoms with Crippen molar-refractivity contribution in [2.75, 3.05) is 10.6 Å². The molecule has 0 atom stereocenters. The summed E-state index contributed by atoms with van der Waals surface area (Å²) in [6.07, 6.45) is 7.00. The summed E-state index contributed by atoms with van der Waals surface area (Å²) in [5, 5.41) is 17.9. The quantitative estimate of drug-likeness (QED) is 0.318. The van der Waals surface area contributed by atoms with Crippen LogP contribution in [0.15, 0.2) is 71.9 Å². The van der Waals surface area contributed by atoms with Gasteiger partial charge in [-0.2, -0.15) is 5.26 Å². The third-order valence-electron chi connectivity index (χ3n) is 5.40. The van der Waals surface area contributed by atoms with E-state index in [0.29, 0.717) is 11.5 Å². The van der Waals surface area contributed by atoms with Gasteiger partial charge in [-0.25, -0.2) is 4.98 Å². The molecule has 1 aromatic carbocycles. The van der Waals surface area contributed by atoms with Crippen molar-refractivity contribution in [2.45, 2.75) is 12.8 Å². The number of rotatable bonds is 6. The van der Waals surface area contributed by atoms with Gasteiger partial charge >= 0.3 is 0 Å². The molecule has 0 spiro atoms. The summed E-state index contributed by atoms with van der Waals surface area (Å²) in [5.74, 6) is 0.153. The highest BCUT2D eigenvalue weighted by Crippen LogP contribution is 2.31. The predicted molar refractivity (Wildman–Crippen MR) is 129 cm³/mol. The summed E-state index contributed by atoms with van der Waals surface area (Å²) < 4.78 is 1.96. The molecule has 1 fully saturated rings. The van der Waals surface area contributed by atoms with Crippen LogP contribution in [-0.4, -0.2) is 21.4 Å². The minimum Gasteiger partial charge on any atom is -0.321 e. The molecule has 7 nitrogen and oxygen atoms in total. The zero-order chi connectivity index (χ0) is 22.8. The monoisotopic (exact) mass is 453 g/mol. The van der Waals surface area contributed by atoms with Gasteiger partial charge in [0.1, 0.15) is 17.5 Å². The van der Waals surface area contributed by atoms with Crippen LogP contribution in [0.4, 0.5) is 11.5 Å². The van der Waals surface area contributed by atoms with Gasteiger partial charge in [-0.3, -0.25) is 9.59 Å². The third-order valence-corrected chi connectivity index (χ3v) is 6.22. The van der Waals surface area contributed by atoms with E-state index in [1.54, 1.807) is 18.3 Å². The van der Waals surface area contributed by atoms with Crippen molar-refractivity contribution in [2.24, 2.45) is 5.92 Å². The summed E-state index contributed by atoms with van der Waals surface area (Å²) in [6.45, 7) is 0. The average molecular weight is 454 g/mol. The van der Waals surface area contributed by atoms with Crippen molar-refractivity contribution in [3.05, 3.63) is 76.8 Å². The molecule has 0 radical (unpaired) electrons. The molecule has 0 aliphatic heterocycles. The van der Waals surface area contributed by atoms with Crippen LogP contribution in [0.1, 0.15) is 17.7 Å². The van der Waals surface area contributed by atoms with E-state index < -0.39 is 5.91 Å². The van der Waals surface area contributed by atoms with Crippen LogP contribution in [0.5, 0.6) is 0 Å². The van der Waals surface area contributed by atoms with E-state index in [-0.39, 0.29) is 17.4 Å². The Morgan fingerprint density at radius 3 is 2.79 bits per heavy atom. The zero-order valence-electron chi connectivity index (χ0n) is 17.5. The standard InChI is InChI=1S/C25H19N5O2S/c26-15-17(13-19-3-2-12-33-19)25(32)28-21-4-1-5-22-20(21)9-11-30(22)18-8-10-27-23(14-18)29-24(31)16-6-7-16/h1-5,8-14,16H,6-7H2,(H,28,32)(H,27,29,31). The van der Waals surface area contributed by atoms with Crippen molar-refractivity contribution in [1.29, 1.82) is 5.26 Å². The van der Waals surface area contributed by atoms with Crippen LogP contribution in [0.2, 0.25) is 0 Å². The Bertz CT molecular complexity index is 1420. The van der Waals surface area contributed by atoms with Crippen LogP contribution in [0.3, 0.4) is 0 Å². The molecular formula is C25H19N5O2S. The van der Waals surface area contributed by atoms with E-state index in [0.717, 1.165) is 34.3 Å². The first-order valence-electron chi connectivity index (χ1n) is 10.5. The smallest absolute Gasteiger partial charge is 0.266 e. The summed E-state index contributed by atoms with van der Waals surface area (Å²) in [6, 6.07) is 16.9. The van der Waals surface area contributed by atoms with Crippen molar-refractivity contribution < 1.29 is 9.59 Å². The Morgan fingerprint density at radius 1 is 1.15 bits per heavy atom. The van der Waals surface area contributed by atoms with E-state index in [1.807, 2.05) is 64.7 Å². The first-order chi connectivity index (χ1) is 16.1. The van der Waals surface area contributed by atoms with Crippen molar-refractivity contribution >= 4 is 51.6 Å². The maximum absolute atomic E-state index is 12.7. The molecule has 5 rings (SSSR count). The van der Waals surface area contributed by atoms with E-state index in [9.17, 15) is 14.9 Å². The van der Waals surface area contributed by atoms with Gasteiger partial charge in [0.05, 0.1) is 16.9 Å². The number of amides is 2. The topological polar surface area (TPSA) is 99.8 Å². The normalized spacial score (nSPS) is 13.5. The lowest BCUT2D eigenvalue weighted by atomic mass is 10.2. The number of aromatic nitrogens is 2. The fourth-order valence-corrected chi connectivity index (χ4v) is 4.22. The molecule has 0 unspecified atom stereocenters. The Balaban J connectivity index is 1.42. The van der Waals surface area contributed by atoms with Crippen molar-refractivity contribution in [3.63, 3.8) is 0 Å². The number of carbonyl (C=O) groups is 2. The van der Waals surface area contributed by atoms with Crippen LogP contribution in [0.25, 0.3) is 22.7 Å². The Morgan fingerprint density at radius 2 is 2.03 bits per heavy atom. The molecule has 8 heteroatoms. The predicted octanol–water partition coefficient (Wildman–Crippen LogP) is 4.98. The van der Waals surface area contributed by atoms with Gasteiger partial charge in [0.25, 0.3) is 5.91 Å². The number of hydrogen-bond acceptors (Lipinski definition) is 5. The second kappa shape index (κ2) is 8.73. The van der Waals surface area contributed by atoms with Crippen molar-refractivity contribution in [3.8, 4) is 11.8 Å². The molecule has 162 valence electrons. The number of pyridine rings is 1. The molecule has 1 aliphatic rings. The first kappa shape index (κ1) is 20.7. The molecule has 2 amide bonds. The number of anilines is 2. The van der Waals surface area contributed by atoms with Gasteiger partial charge in [-0.05, 0) is 54.6 Å². The number of carbonyl (C=O) groups excluding carboxylic acids is 2. The largest absolute Gasteiger partial charge is 0.321 e. The van der Waals surface area contributed by atoms with Crippen LogP contribution >= 0.6 is 11.3 Å². The van der Waals surface area contributed by atoms with Gasteiger partial charge in [0, 0.05) is 34.6 Å². The van der Waals surface area contributed by atoms with Crippen molar-refractivity contribution in [1.82, 2.24) is 9.55 Å². The molecule has 33 heavy (non-hydrogen) atoms. The van der Waals surface area contributed by atoms with Gasteiger partial charge in [0.2, 0.25) is 5.91 Å². The molecule has 2 N–H and O–H groups in total. The first-order valence-corrected chi connectivity index (χ1v) is 11.3. The number of thiophene rings is 1. The zero-order valence-corrected chi connectivity index (χ0v) is 18.3. The van der Waals surface area contributed by atoms with E-state index in [1.165, 1.54) is 11.3 Å². The molecule has 1 aliphatic carbocycles. The third kappa shape index (κ3) is 4.40. The Labute approximate surface area is 194 Å². The molecule has 3 aromatic heterocycles. The lowest BCUT2D eigenvalue weighted by molar-refractivity contribution is -0.117. The second-order valence-corrected chi connectivity index (χ2v) is 8.71. The molecule has 1 saturated carbocycles. The minimum absolute atomic E-state index is 0.00547. The number of hydrogen-bond donors (Lipinski definition) is 2. The Hall–Kier alpha value is -4.22. The highest BCUT2D eigenvalue weighted by atomic mass is 32.1. The van der Waals surface area contributed by atoms with E-state index in [2.05, 4.69) is 15.6 Å². The second-order valence-electron chi connectivity index (χ2n) is 7.73. The van der Waals surface area contributed by atoms with Gasteiger partial charge in [-0.15, -0.1) is 11.3 Å². The highest BCUT2D eigenvalue weighted by Gasteiger charge is 2.29. The fraction of sp³-hybridized carbons (Fsp3) is 0.120. The molecule has 4 aromatic rings. The number of nitriles is 1. The fourth-order valence-electron chi connectivity index (χ4n) is 3.57. The average Bonchev–Trinajstić information content (AvgIpc) is 3.38. The van der Waals surface area contributed by atoms with Crippen LogP contribution in [0, 0.1) is 17.2 Å². The van der Waals surface area contributed by atoms with Crippen LogP contribution in [-0.2, 0) is 9.59 Å². The summed E-state index contributed by atoms with van der Waals surface area (Å²) in [5.41, 5.74) is 2.36. The summed E-state index contributed by atoms with van der Waals surface area (Å²) in [7, 11) is 0. The summed E-state index contributed by atoms with van der Waals surface area (Å²) in [4.78, 5) is 29.9.